The minimum absolute atomic E-state index is 0.251. The fourth-order valence-electron chi connectivity index (χ4n) is 3.78. The molecule has 1 aromatic heterocycles. The molecule has 5 nitrogen and oxygen atoms in total. The topological polar surface area (TPSA) is 60.7 Å². The maximum absolute atomic E-state index is 12.7. The van der Waals surface area contributed by atoms with E-state index in [0.29, 0.717) is 28.6 Å². The number of anilines is 1. The van der Waals surface area contributed by atoms with Crippen LogP contribution in [-0.4, -0.2) is 19.6 Å². The number of benzene rings is 3. The smallest absolute Gasteiger partial charge is 0.248 e. The van der Waals surface area contributed by atoms with Crippen LogP contribution in [0.5, 0.6) is 11.5 Å². The van der Waals surface area contributed by atoms with Crippen molar-refractivity contribution in [3.63, 3.8) is 0 Å². The number of rotatable bonds is 7. The second kappa shape index (κ2) is 10.1. The quantitative estimate of drug-likeness (QED) is 0.281. The molecule has 0 bridgehead atoms. The molecular formula is C28H26ClNO4. The van der Waals surface area contributed by atoms with Gasteiger partial charge >= 0.3 is 0 Å². The summed E-state index contributed by atoms with van der Waals surface area (Å²) in [5, 5.41) is 4.40. The van der Waals surface area contributed by atoms with E-state index in [2.05, 4.69) is 5.32 Å². The van der Waals surface area contributed by atoms with Gasteiger partial charge in [0, 0.05) is 39.4 Å². The van der Waals surface area contributed by atoms with Gasteiger partial charge in [0.1, 0.15) is 17.1 Å². The summed E-state index contributed by atoms with van der Waals surface area (Å²) in [4.78, 5) is 12.7. The lowest BCUT2D eigenvalue weighted by Crippen LogP contribution is -2.08. The predicted octanol–water partition coefficient (Wildman–Crippen LogP) is 7.51. The molecular weight excluding hydrogens is 450 g/mol. The number of ether oxygens (including phenoxy) is 2. The maximum atomic E-state index is 12.7. The number of methoxy groups -OCH3 is 1. The Morgan fingerprint density at radius 3 is 2.56 bits per heavy atom. The zero-order chi connectivity index (χ0) is 24.2. The van der Waals surface area contributed by atoms with Crippen LogP contribution in [0.25, 0.3) is 27.7 Å². The molecule has 0 unspecified atom stereocenters. The van der Waals surface area contributed by atoms with Gasteiger partial charge in [0.25, 0.3) is 0 Å². The third-order valence-electron chi connectivity index (χ3n) is 5.58. The van der Waals surface area contributed by atoms with E-state index in [9.17, 15) is 4.79 Å². The van der Waals surface area contributed by atoms with Crippen molar-refractivity contribution in [2.75, 3.05) is 19.0 Å². The third kappa shape index (κ3) is 4.95. The predicted molar refractivity (Wildman–Crippen MR) is 138 cm³/mol. The molecule has 0 atom stereocenters. The number of halogens is 1. The van der Waals surface area contributed by atoms with E-state index >= 15 is 0 Å². The number of aryl methyl sites for hydroxylation is 1. The van der Waals surface area contributed by atoms with Gasteiger partial charge in [-0.05, 0) is 67.8 Å². The highest BCUT2D eigenvalue weighted by molar-refractivity contribution is 6.31. The lowest BCUT2D eigenvalue weighted by atomic mass is 9.99. The number of allylic oxidation sites excluding steroid dienone is 1. The fourth-order valence-corrected chi connectivity index (χ4v) is 3.96. The number of hydrogen-bond acceptors (Lipinski definition) is 4. The Labute approximate surface area is 203 Å². The van der Waals surface area contributed by atoms with E-state index in [4.69, 9.17) is 25.5 Å². The lowest BCUT2D eigenvalue weighted by Gasteiger charge is -2.11. The molecule has 6 heteroatoms. The van der Waals surface area contributed by atoms with E-state index < -0.39 is 0 Å². The zero-order valence-electron chi connectivity index (χ0n) is 19.6. The van der Waals surface area contributed by atoms with Crippen LogP contribution in [-0.2, 0) is 4.79 Å². The van der Waals surface area contributed by atoms with Crippen molar-refractivity contribution in [2.45, 2.75) is 20.8 Å². The standard InChI is InChI=1S/C28H26ClNO4/c1-5-33-21-10-7-19(8-11-21)24-16-34-27-15-26(32-4)22(14-23(24)27)18(3)12-28(31)30-20-9-6-17(2)25(29)13-20/h6-16H,5H2,1-4H3,(H,30,31)/b18-12+. The van der Waals surface area contributed by atoms with Gasteiger partial charge in [-0.2, -0.15) is 0 Å². The molecule has 174 valence electrons. The molecule has 34 heavy (non-hydrogen) atoms. The Morgan fingerprint density at radius 1 is 1.12 bits per heavy atom. The summed E-state index contributed by atoms with van der Waals surface area (Å²) in [7, 11) is 1.60. The Balaban J connectivity index is 1.67. The Hall–Kier alpha value is -3.70. The number of hydrogen-bond donors (Lipinski definition) is 1. The summed E-state index contributed by atoms with van der Waals surface area (Å²) in [5.41, 5.74) is 5.82. The summed E-state index contributed by atoms with van der Waals surface area (Å²) in [6.07, 6.45) is 3.28. The van der Waals surface area contributed by atoms with Crippen LogP contribution in [0.1, 0.15) is 25.0 Å². The SMILES string of the molecule is CCOc1ccc(-c2coc3cc(OC)c(/C(C)=C/C(=O)Nc4ccc(C)c(Cl)c4)cc23)cc1. The maximum Gasteiger partial charge on any atom is 0.248 e. The highest BCUT2D eigenvalue weighted by Crippen LogP contribution is 2.37. The molecule has 1 N–H and O–H groups in total. The summed E-state index contributed by atoms with van der Waals surface area (Å²) >= 11 is 6.17. The van der Waals surface area contributed by atoms with Gasteiger partial charge in [-0.1, -0.05) is 29.8 Å². The van der Waals surface area contributed by atoms with Crippen molar-refractivity contribution < 1.29 is 18.7 Å². The van der Waals surface area contributed by atoms with Crippen molar-refractivity contribution in [3.05, 3.63) is 83.1 Å². The normalized spacial score (nSPS) is 11.5. The number of carbonyl (C=O) groups is 1. The van der Waals surface area contributed by atoms with Crippen molar-refractivity contribution >= 4 is 39.7 Å². The summed E-state index contributed by atoms with van der Waals surface area (Å²) in [6, 6.07) is 17.1. The molecule has 1 heterocycles. The summed E-state index contributed by atoms with van der Waals surface area (Å²) in [5.74, 6) is 1.19. The van der Waals surface area contributed by atoms with Crippen LogP contribution in [0.3, 0.4) is 0 Å². The van der Waals surface area contributed by atoms with Gasteiger partial charge in [-0.15, -0.1) is 0 Å². The van der Waals surface area contributed by atoms with E-state index in [1.165, 1.54) is 0 Å². The molecule has 0 fully saturated rings. The van der Waals surface area contributed by atoms with Gasteiger partial charge in [0.15, 0.2) is 0 Å². The van der Waals surface area contributed by atoms with Crippen LogP contribution in [0.4, 0.5) is 5.69 Å². The highest BCUT2D eigenvalue weighted by atomic mass is 35.5. The van der Waals surface area contributed by atoms with E-state index in [1.807, 2.05) is 69.3 Å². The number of nitrogens with one attached hydrogen (secondary N) is 1. The monoisotopic (exact) mass is 475 g/mol. The van der Waals surface area contributed by atoms with Gasteiger partial charge in [0.05, 0.1) is 20.0 Å². The first-order chi connectivity index (χ1) is 16.4. The van der Waals surface area contributed by atoms with Gasteiger partial charge < -0.3 is 19.2 Å². The van der Waals surface area contributed by atoms with E-state index in [0.717, 1.165) is 39.0 Å². The first-order valence-corrected chi connectivity index (χ1v) is 11.4. The third-order valence-corrected chi connectivity index (χ3v) is 5.99. The minimum atomic E-state index is -0.251. The molecule has 0 saturated carbocycles. The van der Waals surface area contributed by atoms with Crippen molar-refractivity contribution in [2.24, 2.45) is 0 Å². The highest BCUT2D eigenvalue weighted by Gasteiger charge is 2.15. The van der Waals surface area contributed by atoms with Gasteiger partial charge in [-0.3, -0.25) is 4.79 Å². The first kappa shape index (κ1) is 23.5. The molecule has 0 aliphatic rings. The van der Waals surface area contributed by atoms with Crippen LogP contribution in [0, 0.1) is 6.92 Å². The number of carbonyl (C=O) groups excluding carboxylic acids is 1. The van der Waals surface area contributed by atoms with Crippen molar-refractivity contribution in [1.82, 2.24) is 0 Å². The fraction of sp³-hybridized carbons (Fsp3) is 0.179. The molecule has 0 spiro atoms. The molecule has 3 aromatic carbocycles. The first-order valence-electron chi connectivity index (χ1n) is 11.0. The number of furan rings is 1. The molecule has 4 aromatic rings. The average molecular weight is 476 g/mol. The van der Waals surface area contributed by atoms with Crippen LogP contribution >= 0.6 is 11.6 Å². The molecule has 0 saturated heterocycles. The molecule has 1 amide bonds. The van der Waals surface area contributed by atoms with Gasteiger partial charge in [-0.25, -0.2) is 0 Å². The minimum Gasteiger partial charge on any atom is -0.496 e. The van der Waals surface area contributed by atoms with Crippen LogP contribution in [0.2, 0.25) is 5.02 Å². The second-order valence-electron chi connectivity index (χ2n) is 7.94. The van der Waals surface area contributed by atoms with Gasteiger partial charge in [0.2, 0.25) is 5.91 Å². The Kier molecular flexibility index (Phi) is 6.94. The second-order valence-corrected chi connectivity index (χ2v) is 8.34. The Morgan fingerprint density at radius 2 is 1.88 bits per heavy atom. The van der Waals surface area contributed by atoms with Crippen molar-refractivity contribution in [1.29, 1.82) is 0 Å². The summed E-state index contributed by atoms with van der Waals surface area (Å²) < 4.78 is 17.0. The lowest BCUT2D eigenvalue weighted by molar-refractivity contribution is -0.111. The molecule has 0 aliphatic heterocycles. The van der Waals surface area contributed by atoms with E-state index in [-0.39, 0.29) is 5.91 Å². The number of fused-ring (bicyclic) bond motifs is 1. The largest absolute Gasteiger partial charge is 0.496 e. The summed E-state index contributed by atoms with van der Waals surface area (Å²) in [6.45, 7) is 6.37. The Bertz CT molecular complexity index is 1370. The molecule has 4 rings (SSSR count). The zero-order valence-corrected chi connectivity index (χ0v) is 20.3. The molecule has 0 radical (unpaired) electrons. The average Bonchev–Trinajstić information content (AvgIpc) is 3.24. The van der Waals surface area contributed by atoms with Crippen molar-refractivity contribution in [3.8, 4) is 22.6 Å². The number of amides is 1. The van der Waals surface area contributed by atoms with E-state index in [1.54, 1.807) is 25.5 Å². The molecule has 0 aliphatic carbocycles. The van der Waals surface area contributed by atoms with Crippen LogP contribution in [0.15, 0.2) is 71.4 Å². The van der Waals surface area contributed by atoms with Crippen LogP contribution < -0.4 is 14.8 Å².